The molecule has 0 atom stereocenters. The molecule has 0 saturated heterocycles. The molecule has 2 N–H and O–H groups in total. The van der Waals surface area contributed by atoms with E-state index in [-0.39, 0.29) is 24.2 Å². The molecule has 3 rings (SSSR count). The number of carbonyl (C=O) groups excluding carboxylic acids is 2. The molecule has 1 aliphatic heterocycles. The van der Waals surface area contributed by atoms with Crippen molar-refractivity contribution in [3.8, 4) is 11.4 Å². The first-order chi connectivity index (χ1) is 11.0. The highest BCUT2D eigenvalue weighted by atomic mass is 19.1. The molecule has 0 saturated carbocycles. The molecular weight excluding hydrogens is 299 g/mol. The number of amides is 2. The molecule has 23 heavy (non-hydrogen) atoms. The van der Waals surface area contributed by atoms with E-state index in [2.05, 4.69) is 15.3 Å². The number of halogens is 1. The highest BCUT2D eigenvalue weighted by Gasteiger charge is 2.24. The summed E-state index contributed by atoms with van der Waals surface area (Å²) in [5.74, 6) is -0.0756. The molecule has 120 valence electrons. The average molecular weight is 316 g/mol. The van der Waals surface area contributed by atoms with Crippen molar-refractivity contribution in [3.63, 3.8) is 0 Å². The summed E-state index contributed by atoms with van der Waals surface area (Å²) in [4.78, 5) is 32.3. The Bertz CT molecular complexity index is 756. The second kappa shape index (κ2) is 6.20. The highest BCUT2D eigenvalue weighted by Crippen LogP contribution is 2.23. The van der Waals surface area contributed by atoms with Crippen LogP contribution in [0.1, 0.15) is 18.3 Å². The lowest BCUT2D eigenvalue weighted by Gasteiger charge is -2.26. The quantitative estimate of drug-likeness (QED) is 0.894. The summed E-state index contributed by atoms with van der Waals surface area (Å²) in [7, 11) is 0. The van der Waals surface area contributed by atoms with Gasteiger partial charge in [0.2, 0.25) is 11.8 Å². The topological polar surface area (TPSA) is 78.1 Å². The van der Waals surface area contributed by atoms with Gasteiger partial charge in [-0.15, -0.1) is 0 Å². The molecule has 0 aliphatic carbocycles. The Balaban J connectivity index is 1.74. The summed E-state index contributed by atoms with van der Waals surface area (Å²) in [6.07, 6.45) is 0.632. The molecule has 2 aromatic rings. The second-order valence-corrected chi connectivity index (χ2v) is 5.50. The zero-order valence-corrected chi connectivity index (χ0v) is 12.7. The Labute approximate surface area is 132 Å². The molecule has 0 fully saturated rings. The van der Waals surface area contributed by atoms with Crippen LogP contribution in [0.2, 0.25) is 0 Å². The minimum absolute atomic E-state index is 0.00441. The van der Waals surface area contributed by atoms with Crippen LogP contribution < -0.4 is 5.32 Å². The molecule has 7 heteroatoms. The molecule has 0 spiro atoms. The Kier molecular flexibility index (Phi) is 4.10. The van der Waals surface area contributed by atoms with Crippen LogP contribution in [0, 0.1) is 5.82 Å². The van der Waals surface area contributed by atoms with Crippen LogP contribution in [0.5, 0.6) is 0 Å². The maximum Gasteiger partial charge on any atom is 0.242 e. The number of nitrogens with zero attached hydrogens (tertiary/aromatic N) is 2. The van der Waals surface area contributed by atoms with E-state index in [1.165, 1.54) is 19.1 Å². The summed E-state index contributed by atoms with van der Waals surface area (Å²) < 4.78 is 13.3. The van der Waals surface area contributed by atoms with E-state index < -0.39 is 0 Å². The van der Waals surface area contributed by atoms with E-state index in [4.69, 9.17) is 0 Å². The predicted octanol–water partition coefficient (Wildman–Crippen LogP) is 1.24. The van der Waals surface area contributed by atoms with Crippen LogP contribution in [0.3, 0.4) is 0 Å². The SMILES string of the molecule is CC(=O)NCC(=O)N1CCc2nc(-c3cccc(F)c3)[nH]c2C1. The first-order valence-corrected chi connectivity index (χ1v) is 7.39. The molecule has 1 aliphatic rings. The van der Waals surface area contributed by atoms with E-state index in [0.29, 0.717) is 30.9 Å². The molecular formula is C16H17FN4O2. The second-order valence-electron chi connectivity index (χ2n) is 5.50. The summed E-state index contributed by atoms with van der Waals surface area (Å²) in [6, 6.07) is 6.22. The largest absolute Gasteiger partial charge is 0.347 e. The van der Waals surface area contributed by atoms with Gasteiger partial charge in [-0.05, 0) is 12.1 Å². The predicted molar refractivity (Wildman–Crippen MR) is 81.8 cm³/mol. The third kappa shape index (κ3) is 3.39. The Hall–Kier alpha value is -2.70. The molecule has 0 bridgehead atoms. The van der Waals surface area contributed by atoms with Gasteiger partial charge < -0.3 is 15.2 Å². The first kappa shape index (κ1) is 15.2. The fourth-order valence-electron chi connectivity index (χ4n) is 2.59. The molecule has 1 aromatic carbocycles. The van der Waals surface area contributed by atoms with Crippen molar-refractivity contribution in [3.05, 3.63) is 41.5 Å². The number of hydrogen-bond donors (Lipinski definition) is 2. The monoisotopic (exact) mass is 316 g/mol. The number of imidazole rings is 1. The number of fused-ring (bicyclic) bond motifs is 1. The normalized spacial score (nSPS) is 13.6. The van der Waals surface area contributed by atoms with Gasteiger partial charge in [-0.3, -0.25) is 9.59 Å². The van der Waals surface area contributed by atoms with Crippen molar-refractivity contribution in [1.29, 1.82) is 0 Å². The van der Waals surface area contributed by atoms with Crippen molar-refractivity contribution in [2.75, 3.05) is 13.1 Å². The maximum atomic E-state index is 13.3. The van der Waals surface area contributed by atoms with Gasteiger partial charge in [0.25, 0.3) is 0 Å². The standard InChI is InChI=1S/C16H17FN4O2/c1-10(22)18-8-15(23)21-6-5-13-14(9-21)20-16(19-13)11-3-2-4-12(17)7-11/h2-4,7H,5-6,8-9H2,1H3,(H,18,22)(H,19,20). The van der Waals surface area contributed by atoms with Crippen LogP contribution in [0.4, 0.5) is 4.39 Å². The van der Waals surface area contributed by atoms with E-state index in [9.17, 15) is 14.0 Å². The third-order valence-corrected chi connectivity index (χ3v) is 3.77. The number of carbonyl (C=O) groups is 2. The van der Waals surface area contributed by atoms with Gasteiger partial charge in [-0.2, -0.15) is 0 Å². The van der Waals surface area contributed by atoms with Crippen molar-refractivity contribution >= 4 is 11.8 Å². The van der Waals surface area contributed by atoms with Gasteiger partial charge in [0.05, 0.1) is 24.5 Å². The zero-order chi connectivity index (χ0) is 16.4. The minimum atomic E-state index is -0.316. The number of benzene rings is 1. The number of aromatic amines is 1. The summed E-state index contributed by atoms with van der Waals surface area (Å²) in [5.41, 5.74) is 2.43. The van der Waals surface area contributed by atoms with E-state index in [0.717, 1.165) is 11.4 Å². The average Bonchev–Trinajstić information content (AvgIpc) is 2.95. The van der Waals surface area contributed by atoms with Gasteiger partial charge in [0, 0.05) is 25.5 Å². The molecule has 2 amide bonds. The summed E-state index contributed by atoms with van der Waals surface area (Å²) in [6.45, 7) is 2.34. The lowest BCUT2D eigenvalue weighted by Crippen LogP contribution is -2.42. The zero-order valence-electron chi connectivity index (χ0n) is 12.7. The van der Waals surface area contributed by atoms with Gasteiger partial charge in [-0.1, -0.05) is 12.1 Å². The molecule has 0 radical (unpaired) electrons. The van der Waals surface area contributed by atoms with Crippen LogP contribution in [0.25, 0.3) is 11.4 Å². The number of nitrogens with one attached hydrogen (secondary N) is 2. The van der Waals surface area contributed by atoms with Gasteiger partial charge in [0.1, 0.15) is 11.6 Å². The first-order valence-electron chi connectivity index (χ1n) is 7.39. The van der Waals surface area contributed by atoms with Crippen LogP contribution in [-0.2, 0) is 22.6 Å². The van der Waals surface area contributed by atoms with Gasteiger partial charge in [-0.25, -0.2) is 9.37 Å². The lowest BCUT2D eigenvalue weighted by atomic mass is 10.1. The number of hydrogen-bond acceptors (Lipinski definition) is 3. The van der Waals surface area contributed by atoms with Crippen LogP contribution >= 0.6 is 0 Å². The van der Waals surface area contributed by atoms with Crippen molar-refractivity contribution < 1.29 is 14.0 Å². The molecule has 6 nitrogen and oxygen atoms in total. The molecule has 1 aromatic heterocycles. The lowest BCUT2D eigenvalue weighted by molar-refractivity contribution is -0.133. The number of rotatable bonds is 3. The Morgan fingerprint density at radius 1 is 1.43 bits per heavy atom. The third-order valence-electron chi connectivity index (χ3n) is 3.77. The molecule has 2 heterocycles. The summed E-state index contributed by atoms with van der Waals surface area (Å²) in [5, 5.41) is 2.51. The Morgan fingerprint density at radius 2 is 2.26 bits per heavy atom. The highest BCUT2D eigenvalue weighted by molar-refractivity contribution is 5.83. The number of H-pyrrole nitrogens is 1. The van der Waals surface area contributed by atoms with Crippen molar-refractivity contribution in [2.24, 2.45) is 0 Å². The summed E-state index contributed by atoms with van der Waals surface area (Å²) >= 11 is 0. The minimum Gasteiger partial charge on any atom is -0.347 e. The van der Waals surface area contributed by atoms with Crippen molar-refractivity contribution in [2.45, 2.75) is 19.9 Å². The maximum absolute atomic E-state index is 13.3. The van der Waals surface area contributed by atoms with E-state index in [1.54, 1.807) is 17.0 Å². The van der Waals surface area contributed by atoms with Crippen molar-refractivity contribution in [1.82, 2.24) is 20.2 Å². The van der Waals surface area contributed by atoms with Gasteiger partial charge >= 0.3 is 0 Å². The van der Waals surface area contributed by atoms with E-state index >= 15 is 0 Å². The smallest absolute Gasteiger partial charge is 0.242 e. The Morgan fingerprint density at radius 3 is 3.00 bits per heavy atom. The fourth-order valence-corrected chi connectivity index (χ4v) is 2.59. The molecule has 0 unspecified atom stereocenters. The van der Waals surface area contributed by atoms with Crippen LogP contribution in [0.15, 0.2) is 24.3 Å². The van der Waals surface area contributed by atoms with E-state index in [1.807, 2.05) is 0 Å². The number of aromatic nitrogens is 2. The van der Waals surface area contributed by atoms with Gasteiger partial charge in [0.15, 0.2) is 0 Å². The fraction of sp³-hybridized carbons (Fsp3) is 0.312. The van der Waals surface area contributed by atoms with Crippen LogP contribution in [-0.4, -0.2) is 39.8 Å².